The molecule has 5 aliphatic rings. The number of barbiturate groups is 1. The first kappa shape index (κ1) is 28.8. The molecule has 4 amide bonds. The Morgan fingerprint density at radius 1 is 0.907 bits per heavy atom. The second-order valence-corrected chi connectivity index (χ2v) is 14.5. The van der Waals surface area contributed by atoms with Crippen molar-refractivity contribution in [1.82, 2.24) is 5.32 Å². The highest BCUT2D eigenvalue weighted by Gasteiger charge is 2.51. The Kier molecular flexibility index (Phi) is 7.51. The van der Waals surface area contributed by atoms with Gasteiger partial charge in [0.2, 0.25) is 0 Å². The van der Waals surface area contributed by atoms with Crippen LogP contribution in [0.3, 0.4) is 0 Å². The lowest BCUT2D eigenvalue weighted by molar-refractivity contribution is -0.122. The molecule has 8 rings (SSSR count). The molecular weight excluding hydrogens is 696 g/mol. The number of anilines is 1. The van der Waals surface area contributed by atoms with Crippen LogP contribution in [0.4, 0.5) is 10.5 Å². The van der Waals surface area contributed by atoms with Crippen molar-refractivity contribution in [2.45, 2.75) is 50.5 Å². The summed E-state index contributed by atoms with van der Waals surface area (Å²) in [6.45, 7) is 0.261. The molecule has 6 nitrogen and oxygen atoms in total. The number of nitrogens with one attached hydrogen (secondary N) is 1. The quantitative estimate of drug-likeness (QED) is 0.204. The molecule has 3 aromatic rings. The van der Waals surface area contributed by atoms with Crippen LogP contribution in [0.25, 0.3) is 6.08 Å². The number of hydrogen-bond acceptors (Lipinski definition) is 4. The lowest BCUT2D eigenvalue weighted by Gasteiger charge is -2.57. The molecule has 4 aliphatic carbocycles. The van der Waals surface area contributed by atoms with E-state index in [0.29, 0.717) is 31.0 Å². The van der Waals surface area contributed by atoms with Crippen LogP contribution in [0.5, 0.6) is 5.75 Å². The maximum Gasteiger partial charge on any atom is 0.335 e. The molecular formula is C34H29Br2ClN2O4. The first-order chi connectivity index (χ1) is 20.7. The third-order valence-corrected chi connectivity index (χ3v) is 11.1. The van der Waals surface area contributed by atoms with Crippen LogP contribution in [-0.4, -0.2) is 17.8 Å². The van der Waals surface area contributed by atoms with Crippen molar-refractivity contribution in [3.8, 4) is 5.75 Å². The van der Waals surface area contributed by atoms with Gasteiger partial charge in [-0.2, -0.15) is 0 Å². The fourth-order valence-electron chi connectivity index (χ4n) is 8.05. The zero-order valence-electron chi connectivity index (χ0n) is 23.2. The van der Waals surface area contributed by atoms with E-state index in [1.165, 1.54) is 50.2 Å². The number of amides is 4. The van der Waals surface area contributed by atoms with Gasteiger partial charge in [0.1, 0.15) is 17.9 Å². The van der Waals surface area contributed by atoms with Crippen LogP contribution in [-0.2, 0) is 21.6 Å². The highest BCUT2D eigenvalue weighted by atomic mass is 79.9. The summed E-state index contributed by atoms with van der Waals surface area (Å²) < 4.78 is 7.24. The van der Waals surface area contributed by atoms with Crippen LogP contribution in [0.2, 0.25) is 5.02 Å². The Morgan fingerprint density at radius 2 is 1.51 bits per heavy atom. The number of benzene rings is 3. The minimum Gasteiger partial charge on any atom is -0.486 e. The predicted octanol–water partition coefficient (Wildman–Crippen LogP) is 8.58. The molecule has 0 spiro atoms. The normalized spacial score (nSPS) is 27.1. The first-order valence-corrected chi connectivity index (χ1v) is 16.5. The summed E-state index contributed by atoms with van der Waals surface area (Å²) in [5.41, 5.74) is 3.25. The molecule has 1 saturated heterocycles. The Labute approximate surface area is 272 Å². The third kappa shape index (κ3) is 5.36. The van der Waals surface area contributed by atoms with E-state index in [1.807, 2.05) is 30.3 Å². The van der Waals surface area contributed by atoms with Gasteiger partial charge in [-0.1, -0.05) is 41.9 Å². The van der Waals surface area contributed by atoms with Crippen molar-refractivity contribution in [3.63, 3.8) is 0 Å². The average Bonchev–Trinajstić information content (AvgIpc) is 2.95. The number of carbonyl (C=O) groups is 3. The maximum atomic E-state index is 13.6. The third-order valence-electron chi connectivity index (χ3n) is 9.54. The average molecular weight is 725 g/mol. The van der Waals surface area contributed by atoms with E-state index in [-0.39, 0.29) is 17.6 Å². The van der Waals surface area contributed by atoms with Gasteiger partial charge in [-0.3, -0.25) is 14.9 Å². The summed E-state index contributed by atoms with van der Waals surface area (Å²) >= 11 is 13.3. The summed E-state index contributed by atoms with van der Waals surface area (Å²) in [7, 11) is 0. The standard InChI is InChI=1S/C34H29Br2ClN2O4/c35-27-13-19(14-28(36)30(27)43-18-23-3-1-2-4-29(23)37)12-26-31(40)38-33(42)39(32(26)41)25-7-5-24(6-8-25)34-15-20-9-21(16-34)11-22(10-20)17-34/h1-8,12-14,20-22H,9-11,15-18H2,(H,38,40,42)/b26-12+. The largest absolute Gasteiger partial charge is 0.486 e. The van der Waals surface area contributed by atoms with Gasteiger partial charge in [-0.15, -0.1) is 0 Å². The SMILES string of the molecule is O=C1NC(=O)N(c2ccc(C34CC5CC(CC(C5)C3)C4)cc2)C(=O)/C1=C/c1cc(Br)c(OCc2ccccc2Cl)c(Br)c1. The molecule has 0 atom stereocenters. The maximum absolute atomic E-state index is 13.6. The summed E-state index contributed by atoms with van der Waals surface area (Å²) in [6, 6.07) is 18.0. The van der Waals surface area contributed by atoms with Crippen LogP contribution in [0, 0.1) is 17.8 Å². The second-order valence-electron chi connectivity index (χ2n) is 12.4. The molecule has 0 aromatic heterocycles. The van der Waals surface area contributed by atoms with Gasteiger partial charge in [-0.25, -0.2) is 9.69 Å². The fourth-order valence-corrected chi connectivity index (χ4v) is 9.69. The first-order valence-electron chi connectivity index (χ1n) is 14.6. The fraction of sp³-hybridized carbons (Fsp3) is 0.324. The smallest absolute Gasteiger partial charge is 0.335 e. The number of rotatable bonds is 6. The van der Waals surface area contributed by atoms with Crippen molar-refractivity contribution in [2.24, 2.45) is 17.8 Å². The minimum absolute atomic E-state index is 0.131. The molecule has 1 N–H and O–H groups in total. The van der Waals surface area contributed by atoms with E-state index < -0.39 is 17.8 Å². The van der Waals surface area contributed by atoms with Gasteiger partial charge in [-0.05, 0) is 141 Å². The van der Waals surface area contributed by atoms with Crippen molar-refractivity contribution in [2.75, 3.05) is 4.90 Å². The Hall–Kier alpha value is -2.94. The van der Waals surface area contributed by atoms with Crippen LogP contribution in [0.1, 0.15) is 55.2 Å². The number of halogens is 3. The Bertz CT molecular complexity index is 1630. The van der Waals surface area contributed by atoms with E-state index in [2.05, 4.69) is 49.3 Å². The topological polar surface area (TPSA) is 75.7 Å². The van der Waals surface area contributed by atoms with Gasteiger partial charge in [0.15, 0.2) is 0 Å². The summed E-state index contributed by atoms with van der Waals surface area (Å²) in [5, 5.41) is 2.95. The zero-order valence-corrected chi connectivity index (χ0v) is 27.2. The Morgan fingerprint density at radius 3 is 2.12 bits per heavy atom. The number of urea groups is 1. The van der Waals surface area contributed by atoms with Crippen molar-refractivity contribution >= 4 is 73.1 Å². The molecule has 1 aliphatic heterocycles. The van der Waals surface area contributed by atoms with Gasteiger partial charge < -0.3 is 4.74 Å². The molecule has 9 heteroatoms. The van der Waals surface area contributed by atoms with Crippen LogP contribution < -0.4 is 15.0 Å². The highest BCUT2D eigenvalue weighted by molar-refractivity contribution is 9.11. The summed E-state index contributed by atoms with van der Waals surface area (Å²) in [5.74, 6) is 1.62. The van der Waals surface area contributed by atoms with Crippen molar-refractivity contribution < 1.29 is 19.1 Å². The van der Waals surface area contributed by atoms with Gasteiger partial charge in [0, 0.05) is 10.6 Å². The van der Waals surface area contributed by atoms with E-state index >= 15 is 0 Å². The van der Waals surface area contributed by atoms with Crippen LogP contribution >= 0.6 is 43.5 Å². The lowest BCUT2D eigenvalue weighted by atomic mass is 9.48. The molecule has 5 fully saturated rings. The predicted molar refractivity (Wildman–Crippen MR) is 173 cm³/mol. The molecule has 43 heavy (non-hydrogen) atoms. The van der Waals surface area contributed by atoms with E-state index in [1.54, 1.807) is 18.2 Å². The van der Waals surface area contributed by atoms with Crippen LogP contribution in [0.15, 0.2) is 75.2 Å². The van der Waals surface area contributed by atoms with Gasteiger partial charge in [0.25, 0.3) is 11.8 Å². The van der Waals surface area contributed by atoms with Crippen molar-refractivity contribution in [3.05, 3.63) is 96.9 Å². The highest BCUT2D eigenvalue weighted by Crippen LogP contribution is 2.60. The molecule has 0 unspecified atom stereocenters. The zero-order chi connectivity index (χ0) is 29.9. The number of hydrogen-bond donors (Lipinski definition) is 1. The lowest BCUT2D eigenvalue weighted by Crippen LogP contribution is -2.54. The molecule has 220 valence electrons. The van der Waals surface area contributed by atoms with E-state index in [9.17, 15) is 14.4 Å². The summed E-state index contributed by atoms with van der Waals surface area (Å²) in [6.07, 6.45) is 9.29. The summed E-state index contributed by atoms with van der Waals surface area (Å²) in [4.78, 5) is 40.4. The number of carbonyl (C=O) groups excluding carboxylic acids is 3. The number of ether oxygens (including phenoxy) is 1. The van der Waals surface area contributed by atoms with Crippen molar-refractivity contribution in [1.29, 1.82) is 0 Å². The van der Waals surface area contributed by atoms with E-state index in [0.717, 1.165) is 28.2 Å². The molecule has 0 radical (unpaired) electrons. The van der Waals surface area contributed by atoms with E-state index in [4.69, 9.17) is 16.3 Å². The number of nitrogens with zero attached hydrogens (tertiary/aromatic N) is 1. The molecule has 3 aromatic carbocycles. The monoisotopic (exact) mass is 722 g/mol. The second kappa shape index (κ2) is 11.2. The number of imide groups is 2. The molecule has 1 heterocycles. The minimum atomic E-state index is -0.750. The van der Waals surface area contributed by atoms with Gasteiger partial charge in [0.05, 0.1) is 14.6 Å². The molecule has 4 bridgehead atoms. The van der Waals surface area contributed by atoms with Gasteiger partial charge >= 0.3 is 6.03 Å². The Balaban J connectivity index is 1.12. The molecule has 4 saturated carbocycles.